The minimum Gasteiger partial charge on any atom is -0.508 e. The summed E-state index contributed by atoms with van der Waals surface area (Å²) in [5.74, 6) is 0.489. The van der Waals surface area contributed by atoms with Crippen molar-refractivity contribution in [3.8, 4) is 11.5 Å². The van der Waals surface area contributed by atoms with E-state index in [0.717, 1.165) is 16.5 Å². The number of aliphatic imine (C=N–C) groups is 1. The Labute approximate surface area is 120 Å². The standard InChI is InChI=1S/C15H14BrNO2/c16-13-3-6-15(19)12(9-13)10-17-8-7-11-1-4-14(18)5-2-11/h1-6,9-10,18-19H,7-8H2. The molecule has 0 aliphatic carbocycles. The minimum absolute atomic E-state index is 0.219. The first-order valence-corrected chi connectivity index (χ1v) is 6.71. The summed E-state index contributed by atoms with van der Waals surface area (Å²) in [6.07, 6.45) is 2.46. The lowest BCUT2D eigenvalue weighted by molar-refractivity contribution is 0.474. The van der Waals surface area contributed by atoms with E-state index in [9.17, 15) is 10.2 Å². The van der Waals surface area contributed by atoms with Gasteiger partial charge in [-0.2, -0.15) is 0 Å². The number of phenols is 2. The van der Waals surface area contributed by atoms with Gasteiger partial charge in [0.2, 0.25) is 0 Å². The van der Waals surface area contributed by atoms with Crippen molar-refractivity contribution in [2.24, 2.45) is 4.99 Å². The lowest BCUT2D eigenvalue weighted by Crippen LogP contribution is -1.91. The topological polar surface area (TPSA) is 52.8 Å². The summed E-state index contributed by atoms with van der Waals surface area (Å²) in [5, 5.41) is 18.8. The van der Waals surface area contributed by atoms with E-state index in [1.807, 2.05) is 18.2 Å². The van der Waals surface area contributed by atoms with E-state index in [1.54, 1.807) is 30.5 Å². The highest BCUT2D eigenvalue weighted by molar-refractivity contribution is 9.10. The van der Waals surface area contributed by atoms with Crippen LogP contribution in [0.2, 0.25) is 0 Å². The van der Waals surface area contributed by atoms with Crippen molar-refractivity contribution in [2.75, 3.05) is 6.54 Å². The predicted molar refractivity (Wildman–Crippen MR) is 80.1 cm³/mol. The van der Waals surface area contributed by atoms with Crippen molar-refractivity contribution in [1.82, 2.24) is 0 Å². The van der Waals surface area contributed by atoms with Crippen LogP contribution in [0.5, 0.6) is 11.5 Å². The van der Waals surface area contributed by atoms with Gasteiger partial charge in [-0.05, 0) is 42.3 Å². The van der Waals surface area contributed by atoms with Crippen LogP contribution in [0, 0.1) is 0 Å². The molecule has 0 fully saturated rings. The molecule has 0 bridgehead atoms. The lowest BCUT2D eigenvalue weighted by atomic mass is 10.1. The maximum atomic E-state index is 9.64. The molecule has 2 rings (SSSR count). The van der Waals surface area contributed by atoms with Crippen molar-refractivity contribution < 1.29 is 10.2 Å². The van der Waals surface area contributed by atoms with Crippen LogP contribution in [0.1, 0.15) is 11.1 Å². The third-order valence-corrected chi connectivity index (χ3v) is 3.18. The van der Waals surface area contributed by atoms with Crippen LogP contribution in [0.3, 0.4) is 0 Å². The van der Waals surface area contributed by atoms with Gasteiger partial charge in [0, 0.05) is 22.8 Å². The summed E-state index contributed by atoms with van der Waals surface area (Å²) in [4.78, 5) is 4.29. The van der Waals surface area contributed by atoms with Gasteiger partial charge in [-0.25, -0.2) is 0 Å². The van der Waals surface area contributed by atoms with Gasteiger partial charge in [-0.1, -0.05) is 28.1 Å². The molecule has 3 nitrogen and oxygen atoms in total. The Balaban J connectivity index is 1.93. The summed E-state index contributed by atoms with van der Waals surface area (Å²) < 4.78 is 0.908. The van der Waals surface area contributed by atoms with Crippen LogP contribution in [-0.4, -0.2) is 23.0 Å². The summed E-state index contributed by atoms with van der Waals surface area (Å²) >= 11 is 3.35. The van der Waals surface area contributed by atoms with Gasteiger partial charge < -0.3 is 10.2 Å². The van der Waals surface area contributed by atoms with Crippen molar-refractivity contribution in [2.45, 2.75) is 6.42 Å². The molecular formula is C15H14BrNO2. The van der Waals surface area contributed by atoms with E-state index in [2.05, 4.69) is 20.9 Å². The quantitative estimate of drug-likeness (QED) is 0.847. The second kappa shape index (κ2) is 6.38. The Bertz CT molecular complexity index is 579. The zero-order valence-electron chi connectivity index (χ0n) is 10.3. The highest BCUT2D eigenvalue weighted by Crippen LogP contribution is 2.20. The Morgan fingerprint density at radius 2 is 1.79 bits per heavy atom. The van der Waals surface area contributed by atoms with Crippen LogP contribution in [0.15, 0.2) is 51.9 Å². The normalized spacial score (nSPS) is 11.0. The van der Waals surface area contributed by atoms with Crippen molar-refractivity contribution in [1.29, 1.82) is 0 Å². The number of hydrogen-bond acceptors (Lipinski definition) is 3. The summed E-state index contributed by atoms with van der Waals surface area (Å²) in [7, 11) is 0. The molecule has 19 heavy (non-hydrogen) atoms. The molecule has 0 amide bonds. The largest absolute Gasteiger partial charge is 0.508 e. The number of rotatable bonds is 4. The number of phenolic OH excluding ortho intramolecular Hbond substituents is 2. The smallest absolute Gasteiger partial charge is 0.124 e. The molecular weight excluding hydrogens is 306 g/mol. The number of aromatic hydroxyl groups is 2. The Kier molecular flexibility index (Phi) is 4.58. The van der Waals surface area contributed by atoms with Crippen molar-refractivity contribution in [3.05, 3.63) is 58.1 Å². The minimum atomic E-state index is 0.219. The van der Waals surface area contributed by atoms with E-state index in [1.165, 1.54) is 0 Å². The molecule has 0 unspecified atom stereocenters. The second-order valence-electron chi connectivity index (χ2n) is 4.15. The first-order valence-electron chi connectivity index (χ1n) is 5.91. The lowest BCUT2D eigenvalue weighted by Gasteiger charge is -2.00. The second-order valence-corrected chi connectivity index (χ2v) is 5.07. The zero-order chi connectivity index (χ0) is 13.7. The summed E-state index contributed by atoms with van der Waals surface area (Å²) in [5.41, 5.74) is 1.81. The fraction of sp³-hybridized carbons (Fsp3) is 0.133. The van der Waals surface area contributed by atoms with Crippen LogP contribution < -0.4 is 0 Å². The fourth-order valence-corrected chi connectivity index (χ4v) is 2.03. The molecule has 0 aliphatic rings. The molecule has 0 aromatic heterocycles. The van der Waals surface area contributed by atoms with E-state index >= 15 is 0 Å². The summed E-state index contributed by atoms with van der Waals surface area (Å²) in [6, 6.07) is 12.3. The highest BCUT2D eigenvalue weighted by atomic mass is 79.9. The monoisotopic (exact) mass is 319 g/mol. The van der Waals surface area contributed by atoms with Crippen LogP contribution in [-0.2, 0) is 6.42 Å². The third-order valence-electron chi connectivity index (χ3n) is 2.69. The average molecular weight is 320 g/mol. The molecule has 0 spiro atoms. The molecule has 0 heterocycles. The van der Waals surface area contributed by atoms with Crippen molar-refractivity contribution in [3.63, 3.8) is 0 Å². The Morgan fingerprint density at radius 3 is 2.53 bits per heavy atom. The third kappa shape index (κ3) is 4.10. The van der Waals surface area contributed by atoms with Gasteiger partial charge in [-0.15, -0.1) is 0 Å². The zero-order valence-corrected chi connectivity index (χ0v) is 11.8. The molecule has 0 radical (unpaired) electrons. The number of benzene rings is 2. The highest BCUT2D eigenvalue weighted by Gasteiger charge is 1.98. The molecule has 0 atom stereocenters. The Morgan fingerprint density at radius 1 is 1.05 bits per heavy atom. The average Bonchev–Trinajstić information content (AvgIpc) is 2.40. The first kappa shape index (κ1) is 13.6. The maximum Gasteiger partial charge on any atom is 0.124 e. The molecule has 2 N–H and O–H groups in total. The molecule has 0 aliphatic heterocycles. The van der Waals surface area contributed by atoms with E-state index in [-0.39, 0.29) is 11.5 Å². The van der Waals surface area contributed by atoms with Crippen LogP contribution in [0.25, 0.3) is 0 Å². The molecule has 0 saturated heterocycles. The SMILES string of the molecule is Oc1ccc(CCN=Cc2cc(Br)ccc2O)cc1. The molecule has 98 valence electrons. The van der Waals surface area contributed by atoms with Gasteiger partial charge in [0.1, 0.15) is 11.5 Å². The van der Waals surface area contributed by atoms with Crippen LogP contribution in [0.4, 0.5) is 0 Å². The van der Waals surface area contributed by atoms with Gasteiger partial charge in [0.15, 0.2) is 0 Å². The Hall–Kier alpha value is -1.81. The summed E-state index contributed by atoms with van der Waals surface area (Å²) in [6.45, 7) is 0.636. The predicted octanol–water partition coefficient (Wildman–Crippen LogP) is 3.52. The van der Waals surface area contributed by atoms with E-state index in [0.29, 0.717) is 12.1 Å². The van der Waals surface area contributed by atoms with Crippen molar-refractivity contribution >= 4 is 22.1 Å². The first-order chi connectivity index (χ1) is 9.15. The van der Waals surface area contributed by atoms with Gasteiger partial charge in [-0.3, -0.25) is 4.99 Å². The number of halogens is 1. The van der Waals surface area contributed by atoms with Gasteiger partial charge >= 0.3 is 0 Å². The van der Waals surface area contributed by atoms with Gasteiger partial charge in [0.25, 0.3) is 0 Å². The molecule has 2 aromatic carbocycles. The van der Waals surface area contributed by atoms with E-state index in [4.69, 9.17) is 0 Å². The molecule has 2 aromatic rings. The maximum absolute atomic E-state index is 9.64. The molecule has 4 heteroatoms. The van der Waals surface area contributed by atoms with Gasteiger partial charge in [0.05, 0.1) is 0 Å². The molecule has 0 saturated carbocycles. The van der Waals surface area contributed by atoms with E-state index < -0.39 is 0 Å². The number of nitrogens with zero attached hydrogens (tertiary/aromatic N) is 1. The fourth-order valence-electron chi connectivity index (χ4n) is 1.65. The number of hydrogen-bond donors (Lipinski definition) is 2. The van der Waals surface area contributed by atoms with Crippen LogP contribution >= 0.6 is 15.9 Å².